The van der Waals surface area contributed by atoms with E-state index in [9.17, 15) is 4.79 Å². The maximum atomic E-state index is 12.3. The van der Waals surface area contributed by atoms with Gasteiger partial charge in [-0.1, -0.05) is 36.4 Å². The van der Waals surface area contributed by atoms with E-state index in [4.69, 9.17) is 4.74 Å². The van der Waals surface area contributed by atoms with Crippen molar-refractivity contribution in [2.75, 3.05) is 0 Å². The molecule has 0 aliphatic rings. The van der Waals surface area contributed by atoms with Crippen LogP contribution in [0.4, 0.5) is 0 Å². The summed E-state index contributed by atoms with van der Waals surface area (Å²) in [6.45, 7) is 2.74. The average Bonchev–Trinajstić information content (AvgIpc) is 3.28. The normalized spacial score (nSPS) is 11.0. The molecule has 0 aliphatic carbocycles. The molecule has 6 nitrogen and oxygen atoms in total. The van der Waals surface area contributed by atoms with Crippen LogP contribution in [0.1, 0.15) is 27.2 Å². The van der Waals surface area contributed by atoms with Gasteiger partial charge in [0.2, 0.25) is 0 Å². The summed E-state index contributed by atoms with van der Waals surface area (Å²) < 4.78 is 9.03. The SMILES string of the molecule is Cc1cccn2cc(COC(=O)c3cnn(Cc4ccccc4)c3)nc12. The summed E-state index contributed by atoms with van der Waals surface area (Å²) in [6, 6.07) is 13.9. The van der Waals surface area contributed by atoms with Crippen LogP contribution in [-0.4, -0.2) is 25.1 Å². The van der Waals surface area contributed by atoms with Gasteiger partial charge in [0.25, 0.3) is 0 Å². The lowest BCUT2D eigenvalue weighted by atomic mass is 10.2. The summed E-state index contributed by atoms with van der Waals surface area (Å²) in [5.74, 6) is -0.405. The second-order valence-electron chi connectivity index (χ2n) is 6.14. The van der Waals surface area contributed by atoms with Crippen LogP contribution in [0.3, 0.4) is 0 Å². The van der Waals surface area contributed by atoms with Crippen LogP contribution in [0.5, 0.6) is 0 Å². The zero-order valence-corrected chi connectivity index (χ0v) is 14.4. The van der Waals surface area contributed by atoms with Crippen LogP contribution >= 0.6 is 0 Å². The number of rotatable bonds is 5. The van der Waals surface area contributed by atoms with Crippen molar-refractivity contribution in [2.45, 2.75) is 20.1 Å². The highest BCUT2D eigenvalue weighted by Gasteiger charge is 2.12. The predicted molar refractivity (Wildman–Crippen MR) is 96.8 cm³/mol. The Morgan fingerprint density at radius 2 is 1.96 bits per heavy atom. The number of carbonyl (C=O) groups is 1. The van der Waals surface area contributed by atoms with E-state index in [1.165, 1.54) is 6.20 Å². The van der Waals surface area contributed by atoms with E-state index in [0.29, 0.717) is 17.8 Å². The molecule has 4 aromatic rings. The van der Waals surface area contributed by atoms with Crippen LogP contribution in [0.15, 0.2) is 67.3 Å². The molecular formula is C20H18N4O2. The molecule has 0 saturated carbocycles. The first-order chi connectivity index (χ1) is 12.7. The molecule has 0 N–H and O–H groups in total. The van der Waals surface area contributed by atoms with Gasteiger partial charge in [-0.25, -0.2) is 9.78 Å². The quantitative estimate of drug-likeness (QED) is 0.521. The molecule has 4 rings (SSSR count). The highest BCUT2D eigenvalue weighted by atomic mass is 16.5. The molecule has 0 fully saturated rings. The molecule has 0 spiro atoms. The fourth-order valence-electron chi connectivity index (χ4n) is 2.82. The number of aryl methyl sites for hydroxylation is 1. The van der Waals surface area contributed by atoms with Gasteiger partial charge >= 0.3 is 5.97 Å². The lowest BCUT2D eigenvalue weighted by Crippen LogP contribution is -2.05. The zero-order chi connectivity index (χ0) is 17.9. The van der Waals surface area contributed by atoms with Gasteiger partial charge in [0.1, 0.15) is 12.3 Å². The number of pyridine rings is 1. The lowest BCUT2D eigenvalue weighted by Gasteiger charge is -2.01. The molecule has 3 aromatic heterocycles. The number of hydrogen-bond acceptors (Lipinski definition) is 4. The molecule has 0 radical (unpaired) electrons. The number of hydrogen-bond donors (Lipinski definition) is 0. The van der Waals surface area contributed by atoms with Crippen LogP contribution in [-0.2, 0) is 17.9 Å². The van der Waals surface area contributed by atoms with Crippen molar-refractivity contribution in [2.24, 2.45) is 0 Å². The van der Waals surface area contributed by atoms with Crippen molar-refractivity contribution in [3.63, 3.8) is 0 Å². The molecule has 3 heterocycles. The average molecular weight is 346 g/mol. The third-order valence-electron chi connectivity index (χ3n) is 4.14. The van der Waals surface area contributed by atoms with Crippen LogP contribution in [0.2, 0.25) is 0 Å². The maximum absolute atomic E-state index is 12.3. The van der Waals surface area contributed by atoms with Crippen LogP contribution in [0.25, 0.3) is 5.65 Å². The number of ether oxygens (including phenoxy) is 1. The number of aromatic nitrogens is 4. The Morgan fingerprint density at radius 1 is 1.12 bits per heavy atom. The molecular weight excluding hydrogens is 328 g/mol. The first kappa shape index (κ1) is 16.1. The van der Waals surface area contributed by atoms with E-state index in [2.05, 4.69) is 10.1 Å². The van der Waals surface area contributed by atoms with E-state index >= 15 is 0 Å². The second-order valence-corrected chi connectivity index (χ2v) is 6.14. The van der Waals surface area contributed by atoms with Gasteiger partial charge in [0, 0.05) is 18.6 Å². The Hall–Kier alpha value is -3.41. The van der Waals surface area contributed by atoms with E-state index in [0.717, 1.165) is 16.8 Å². The lowest BCUT2D eigenvalue weighted by molar-refractivity contribution is 0.0468. The number of nitrogens with zero attached hydrogens (tertiary/aromatic N) is 4. The minimum absolute atomic E-state index is 0.129. The minimum Gasteiger partial charge on any atom is -0.455 e. The fraction of sp³-hybridized carbons (Fsp3) is 0.150. The summed E-state index contributed by atoms with van der Waals surface area (Å²) >= 11 is 0. The molecule has 1 aromatic carbocycles. The van der Waals surface area contributed by atoms with Crippen molar-refractivity contribution < 1.29 is 9.53 Å². The first-order valence-electron chi connectivity index (χ1n) is 8.36. The van der Waals surface area contributed by atoms with E-state index in [-0.39, 0.29) is 6.61 Å². The van der Waals surface area contributed by atoms with Crippen LogP contribution < -0.4 is 0 Å². The van der Waals surface area contributed by atoms with E-state index < -0.39 is 5.97 Å². The summed E-state index contributed by atoms with van der Waals surface area (Å²) in [5.41, 5.74) is 4.21. The molecule has 0 aliphatic heterocycles. The molecule has 26 heavy (non-hydrogen) atoms. The minimum atomic E-state index is -0.405. The van der Waals surface area contributed by atoms with Gasteiger partial charge in [-0.15, -0.1) is 0 Å². The van der Waals surface area contributed by atoms with Gasteiger partial charge in [-0.3, -0.25) is 4.68 Å². The second kappa shape index (κ2) is 6.84. The molecule has 0 bridgehead atoms. The van der Waals surface area contributed by atoms with Gasteiger partial charge in [-0.2, -0.15) is 5.10 Å². The summed E-state index contributed by atoms with van der Waals surface area (Å²) in [5, 5.41) is 4.23. The number of esters is 1. The smallest absolute Gasteiger partial charge is 0.341 e. The molecule has 0 unspecified atom stereocenters. The summed E-state index contributed by atoms with van der Waals surface area (Å²) in [4.78, 5) is 16.8. The number of fused-ring (bicyclic) bond motifs is 1. The van der Waals surface area contributed by atoms with Crippen molar-refractivity contribution in [1.29, 1.82) is 0 Å². The molecule has 0 amide bonds. The van der Waals surface area contributed by atoms with E-state index in [1.807, 2.05) is 66.2 Å². The molecule has 0 saturated heterocycles. The third-order valence-corrected chi connectivity index (χ3v) is 4.14. The molecule has 6 heteroatoms. The summed E-state index contributed by atoms with van der Waals surface area (Å²) in [7, 11) is 0. The first-order valence-corrected chi connectivity index (χ1v) is 8.36. The molecule has 130 valence electrons. The van der Waals surface area contributed by atoms with Gasteiger partial charge in [0.15, 0.2) is 0 Å². The van der Waals surface area contributed by atoms with Gasteiger partial charge in [-0.05, 0) is 24.1 Å². The fourth-order valence-corrected chi connectivity index (χ4v) is 2.82. The highest BCUT2D eigenvalue weighted by molar-refractivity contribution is 5.88. The van der Waals surface area contributed by atoms with Crippen molar-refractivity contribution in [3.05, 3.63) is 89.6 Å². The number of imidazole rings is 1. The largest absolute Gasteiger partial charge is 0.455 e. The predicted octanol–water partition coefficient (Wildman–Crippen LogP) is 3.24. The Morgan fingerprint density at radius 3 is 2.77 bits per heavy atom. The third kappa shape index (κ3) is 3.35. The number of carbonyl (C=O) groups excluding carboxylic acids is 1. The standard InChI is InChI=1S/C20H18N4O2/c1-15-6-5-9-23-13-18(22-19(15)23)14-26-20(25)17-10-21-24(12-17)11-16-7-3-2-4-8-16/h2-10,12-13H,11,14H2,1H3. The van der Waals surface area contributed by atoms with Gasteiger partial charge in [0.05, 0.1) is 24.0 Å². The van der Waals surface area contributed by atoms with E-state index in [1.54, 1.807) is 10.9 Å². The molecule has 0 atom stereocenters. The topological polar surface area (TPSA) is 61.4 Å². The zero-order valence-electron chi connectivity index (χ0n) is 14.4. The van der Waals surface area contributed by atoms with Crippen molar-refractivity contribution in [3.8, 4) is 0 Å². The Bertz CT molecular complexity index is 1050. The highest BCUT2D eigenvalue weighted by Crippen LogP contribution is 2.12. The summed E-state index contributed by atoms with van der Waals surface area (Å²) in [6.07, 6.45) is 7.02. The Labute approximate surface area is 150 Å². The Kier molecular flexibility index (Phi) is 4.23. The van der Waals surface area contributed by atoms with Crippen LogP contribution in [0, 0.1) is 6.92 Å². The monoisotopic (exact) mass is 346 g/mol. The Balaban J connectivity index is 1.41. The van der Waals surface area contributed by atoms with Gasteiger partial charge < -0.3 is 9.14 Å². The van der Waals surface area contributed by atoms with Crippen molar-refractivity contribution >= 4 is 11.6 Å². The number of benzene rings is 1. The maximum Gasteiger partial charge on any atom is 0.341 e. The van der Waals surface area contributed by atoms with Crippen molar-refractivity contribution in [1.82, 2.24) is 19.2 Å².